The van der Waals surface area contributed by atoms with Crippen molar-refractivity contribution < 1.29 is 23.9 Å². The lowest BCUT2D eigenvalue weighted by Crippen LogP contribution is -2.42. The molecule has 4 rings (SSSR count). The lowest BCUT2D eigenvalue weighted by molar-refractivity contribution is -0.746. The first-order valence-corrected chi connectivity index (χ1v) is 11.5. The fourth-order valence-electron chi connectivity index (χ4n) is 3.53. The van der Waals surface area contributed by atoms with Crippen LogP contribution in [0.4, 0.5) is 11.4 Å². The van der Waals surface area contributed by atoms with Gasteiger partial charge in [0.1, 0.15) is 12.6 Å². The van der Waals surface area contributed by atoms with Gasteiger partial charge in [0.05, 0.1) is 17.4 Å². The summed E-state index contributed by atoms with van der Waals surface area (Å²) in [5, 5.41) is 18.7. The minimum atomic E-state index is -0.892. The Balaban J connectivity index is 1.62. The van der Waals surface area contributed by atoms with Crippen molar-refractivity contribution in [2.24, 2.45) is 7.05 Å². The molecule has 1 N–H and O–H groups in total. The number of thiocarbonyl (C=S) groups is 1. The van der Waals surface area contributed by atoms with Gasteiger partial charge in [0.15, 0.2) is 18.1 Å². The van der Waals surface area contributed by atoms with E-state index in [0.29, 0.717) is 11.4 Å². The molecule has 0 saturated carbocycles. The van der Waals surface area contributed by atoms with Gasteiger partial charge < -0.3 is 19.8 Å². The van der Waals surface area contributed by atoms with E-state index < -0.39 is 12.0 Å². The van der Waals surface area contributed by atoms with Crippen LogP contribution in [0.1, 0.15) is 17.7 Å². The summed E-state index contributed by atoms with van der Waals surface area (Å²) < 4.78 is 7.04. The Morgan fingerprint density at radius 3 is 2.52 bits per heavy atom. The maximum atomic E-state index is 13.4. The van der Waals surface area contributed by atoms with Crippen molar-refractivity contribution in [3.63, 3.8) is 0 Å². The van der Waals surface area contributed by atoms with E-state index in [1.165, 1.54) is 9.58 Å². The summed E-state index contributed by atoms with van der Waals surface area (Å²) in [6.07, 6.45) is -0.142. The van der Waals surface area contributed by atoms with Gasteiger partial charge in [-0.2, -0.15) is 0 Å². The Kier molecular flexibility index (Phi) is 6.61. The van der Waals surface area contributed by atoms with E-state index in [-0.39, 0.29) is 35.6 Å². The van der Waals surface area contributed by atoms with Crippen LogP contribution in [0.5, 0.6) is 5.95 Å². The monoisotopic (exact) mass is 577 g/mol. The molecule has 0 bridgehead atoms. The Morgan fingerprint density at radius 2 is 1.91 bits per heavy atom. The first-order chi connectivity index (χ1) is 15.7. The predicted molar refractivity (Wildman–Crippen MR) is 130 cm³/mol. The number of carbonyl (C=O) groups excluding carboxylic acids is 2. The molecule has 33 heavy (non-hydrogen) atoms. The van der Waals surface area contributed by atoms with E-state index in [0.717, 1.165) is 9.13 Å². The first-order valence-electron chi connectivity index (χ1n) is 10.0. The van der Waals surface area contributed by atoms with E-state index in [9.17, 15) is 14.7 Å². The molecule has 1 atom stereocenters. The lowest BCUT2D eigenvalue weighted by Gasteiger charge is -2.22. The minimum Gasteiger partial charge on any atom is -0.539 e. The highest BCUT2D eigenvalue weighted by molar-refractivity contribution is 14.1. The van der Waals surface area contributed by atoms with E-state index in [1.807, 2.05) is 31.2 Å². The molecule has 0 spiro atoms. The first kappa shape index (κ1) is 23.1. The number of rotatable bonds is 6. The van der Waals surface area contributed by atoms with Gasteiger partial charge in [0, 0.05) is 9.26 Å². The zero-order chi connectivity index (χ0) is 23.7. The molecule has 0 aliphatic carbocycles. The number of aryl methyl sites for hydroxylation is 2. The average molecular weight is 577 g/mol. The van der Waals surface area contributed by atoms with Crippen molar-refractivity contribution in [2.75, 3.05) is 10.2 Å². The topological polar surface area (TPSA) is 106 Å². The molecule has 2 heterocycles. The van der Waals surface area contributed by atoms with Crippen LogP contribution in [0.2, 0.25) is 0 Å². The highest BCUT2D eigenvalue weighted by atomic mass is 127. The fourth-order valence-corrected chi connectivity index (χ4v) is 4.27. The third kappa shape index (κ3) is 4.83. The van der Waals surface area contributed by atoms with Crippen molar-refractivity contribution in [2.45, 2.75) is 25.9 Å². The van der Waals surface area contributed by atoms with E-state index in [4.69, 9.17) is 16.7 Å². The molecule has 2 amide bonds. The summed E-state index contributed by atoms with van der Waals surface area (Å²) >= 11 is 7.80. The molecule has 1 unspecified atom stereocenters. The van der Waals surface area contributed by atoms with Gasteiger partial charge in [-0.05, 0) is 78.1 Å². The van der Waals surface area contributed by atoms with Gasteiger partial charge in [-0.3, -0.25) is 14.5 Å². The van der Waals surface area contributed by atoms with Gasteiger partial charge in [0.2, 0.25) is 5.91 Å². The van der Waals surface area contributed by atoms with Crippen LogP contribution < -0.4 is 20.0 Å². The van der Waals surface area contributed by atoms with Crippen LogP contribution in [-0.4, -0.2) is 33.1 Å². The second kappa shape index (κ2) is 9.43. The number of nitrogens with one attached hydrogen (secondary N) is 1. The number of nitrogens with zero attached hydrogens (tertiary/aromatic N) is 4. The Bertz CT molecular complexity index is 1190. The van der Waals surface area contributed by atoms with Gasteiger partial charge >= 0.3 is 0 Å². The van der Waals surface area contributed by atoms with Crippen LogP contribution in [-0.2, 0) is 23.2 Å². The molecule has 2 aromatic carbocycles. The molecule has 3 aromatic rings. The van der Waals surface area contributed by atoms with E-state index in [2.05, 4.69) is 33.2 Å². The average Bonchev–Trinajstić information content (AvgIpc) is 3.21. The molecule has 1 saturated heterocycles. The number of carbonyl (C=O) groups is 2. The number of hydrogen-bond donors (Lipinski definition) is 1. The van der Waals surface area contributed by atoms with Gasteiger partial charge in [-0.1, -0.05) is 22.4 Å². The molecule has 0 radical (unpaired) electrons. The van der Waals surface area contributed by atoms with Crippen molar-refractivity contribution >= 4 is 63.1 Å². The Hall–Kier alpha value is -3.06. The maximum absolute atomic E-state index is 13.4. The Labute approximate surface area is 209 Å². The van der Waals surface area contributed by atoms with Gasteiger partial charge in [-0.25, -0.2) is 0 Å². The van der Waals surface area contributed by atoms with Crippen LogP contribution in [0.3, 0.4) is 0 Å². The summed E-state index contributed by atoms with van der Waals surface area (Å²) in [7, 11) is 1.57. The number of benzene rings is 2. The third-order valence-corrected chi connectivity index (χ3v) is 6.45. The smallest absolute Gasteiger partial charge is 0.256 e. The highest BCUT2D eigenvalue weighted by Gasteiger charge is 2.45. The zero-order valence-electron chi connectivity index (χ0n) is 17.8. The number of aromatic nitrogens is 2. The summed E-state index contributed by atoms with van der Waals surface area (Å²) in [4.78, 5) is 29.2. The lowest BCUT2D eigenvalue weighted by atomic mass is 10.1. The van der Waals surface area contributed by atoms with Crippen molar-refractivity contribution in [3.05, 3.63) is 63.4 Å². The summed E-state index contributed by atoms with van der Waals surface area (Å²) in [6, 6.07) is 13.8. The quantitative estimate of drug-likeness (QED) is 0.272. The predicted octanol–water partition coefficient (Wildman–Crippen LogP) is 2.02. The maximum Gasteiger partial charge on any atom is 0.256 e. The van der Waals surface area contributed by atoms with Crippen LogP contribution in [0.15, 0.2) is 53.1 Å². The summed E-state index contributed by atoms with van der Waals surface area (Å²) in [6.45, 7) is 1.92. The largest absolute Gasteiger partial charge is 0.539 e. The molecule has 1 aromatic heterocycles. The molecule has 1 aliphatic rings. The molecular weight excluding hydrogens is 557 g/mol. The molecule has 1 fully saturated rings. The van der Waals surface area contributed by atoms with Crippen LogP contribution >= 0.6 is 34.8 Å². The van der Waals surface area contributed by atoms with E-state index in [1.54, 1.807) is 36.2 Å². The van der Waals surface area contributed by atoms with Crippen molar-refractivity contribution in [1.29, 1.82) is 0 Å². The van der Waals surface area contributed by atoms with Crippen molar-refractivity contribution in [3.8, 4) is 5.95 Å². The standard InChI is InChI=1S/C22H20IN5O4S/c1-13-3-9-16(10-4-13)28-20(30)17(11-19(29)24-15-7-5-14(23)6-8-15)27(22(28)33)12-18-21(31)32-25-26(18)2/h3-10,17H,11-12H2,1-2H3,(H-,24,25,29,31). The third-order valence-electron chi connectivity index (χ3n) is 5.31. The number of anilines is 2. The normalized spacial score (nSPS) is 15.9. The Morgan fingerprint density at radius 1 is 1.24 bits per heavy atom. The van der Waals surface area contributed by atoms with Gasteiger partial charge in [-0.15, -0.1) is 0 Å². The molecule has 11 heteroatoms. The number of hydrogen-bond acceptors (Lipinski definition) is 6. The van der Waals surface area contributed by atoms with Crippen LogP contribution in [0, 0.1) is 10.5 Å². The molecule has 9 nitrogen and oxygen atoms in total. The highest BCUT2D eigenvalue weighted by Crippen LogP contribution is 2.29. The number of amides is 2. The number of halogens is 1. The minimum absolute atomic E-state index is 0.0206. The SMILES string of the molecule is Cc1ccc(N2C(=O)C(CC(=O)Nc3ccc(I)cc3)N(Cc3c([O-])on[n+]3C)C2=S)cc1. The molecular formula is C22H20IN5O4S. The molecule has 170 valence electrons. The van der Waals surface area contributed by atoms with Gasteiger partial charge in [0.25, 0.3) is 11.6 Å². The second-order valence-electron chi connectivity index (χ2n) is 7.63. The van der Waals surface area contributed by atoms with Crippen molar-refractivity contribution in [1.82, 2.24) is 10.2 Å². The summed E-state index contributed by atoms with van der Waals surface area (Å²) in [5.74, 6) is -1.30. The fraction of sp³-hybridized carbons (Fsp3) is 0.227. The zero-order valence-corrected chi connectivity index (χ0v) is 20.8. The van der Waals surface area contributed by atoms with E-state index >= 15 is 0 Å². The molecule has 1 aliphatic heterocycles. The summed E-state index contributed by atoms with van der Waals surface area (Å²) in [5.41, 5.74) is 2.48. The second-order valence-corrected chi connectivity index (χ2v) is 9.24. The van der Waals surface area contributed by atoms with Crippen LogP contribution in [0.25, 0.3) is 0 Å².